The lowest BCUT2D eigenvalue weighted by Gasteiger charge is -2.52. The van der Waals surface area contributed by atoms with Gasteiger partial charge in [0, 0.05) is 24.1 Å². The molecule has 4 heteroatoms. The first kappa shape index (κ1) is 15.5. The van der Waals surface area contributed by atoms with Crippen LogP contribution >= 0.6 is 0 Å². The largest absolute Gasteiger partial charge is 0.493 e. The van der Waals surface area contributed by atoms with Gasteiger partial charge >= 0.3 is 0 Å². The average Bonchev–Trinajstić information content (AvgIpc) is 2.90. The molecule has 0 radical (unpaired) electrons. The maximum atomic E-state index is 10.7. The van der Waals surface area contributed by atoms with Crippen molar-refractivity contribution in [3.63, 3.8) is 0 Å². The number of piperidine rings is 1. The van der Waals surface area contributed by atoms with Gasteiger partial charge in [0.2, 0.25) is 0 Å². The lowest BCUT2D eigenvalue weighted by Crippen LogP contribution is -2.55. The summed E-state index contributed by atoms with van der Waals surface area (Å²) in [6.45, 7) is 4.80. The van der Waals surface area contributed by atoms with Crippen LogP contribution in [0, 0.1) is 5.92 Å². The first-order chi connectivity index (χ1) is 11.9. The summed E-state index contributed by atoms with van der Waals surface area (Å²) in [6.07, 6.45) is 6.46. The van der Waals surface area contributed by atoms with E-state index in [-0.39, 0.29) is 11.3 Å². The van der Waals surface area contributed by atoms with Crippen molar-refractivity contribution in [3.8, 4) is 11.5 Å². The van der Waals surface area contributed by atoms with Gasteiger partial charge in [0.25, 0.3) is 0 Å². The summed E-state index contributed by atoms with van der Waals surface area (Å²) in [5, 5.41) is 10.7. The summed E-state index contributed by atoms with van der Waals surface area (Å²) in [5.41, 5.74) is 3.12. The molecule has 2 bridgehead atoms. The van der Waals surface area contributed by atoms with Crippen LogP contribution in [0.4, 0.5) is 0 Å². The number of likely N-dealkylation sites (N-methyl/N-ethyl adjacent to an activating group) is 1. The molecule has 1 fully saturated rings. The topological polar surface area (TPSA) is 41.9 Å². The highest BCUT2D eigenvalue weighted by molar-refractivity contribution is 5.70. The Morgan fingerprint density at radius 1 is 1.32 bits per heavy atom. The van der Waals surface area contributed by atoms with Crippen molar-refractivity contribution in [2.75, 3.05) is 20.7 Å². The Morgan fingerprint density at radius 3 is 2.84 bits per heavy atom. The van der Waals surface area contributed by atoms with E-state index in [0.29, 0.717) is 6.04 Å². The molecule has 132 valence electrons. The second-order valence-corrected chi connectivity index (χ2v) is 8.42. The van der Waals surface area contributed by atoms with Crippen LogP contribution in [0.15, 0.2) is 35.6 Å². The zero-order chi connectivity index (χ0) is 17.6. The summed E-state index contributed by atoms with van der Waals surface area (Å²) in [6, 6.07) is 4.61. The number of ether oxygens (including phenoxy) is 2. The van der Waals surface area contributed by atoms with Gasteiger partial charge in [-0.2, -0.15) is 0 Å². The molecule has 1 N–H and O–H groups in total. The van der Waals surface area contributed by atoms with Gasteiger partial charge in [-0.3, -0.25) is 4.90 Å². The number of nitrogens with zero attached hydrogens (tertiary/aromatic N) is 1. The zero-order valence-electron chi connectivity index (χ0n) is 15.3. The number of methoxy groups -OCH3 is 1. The fraction of sp³-hybridized carbons (Fsp3) is 0.524. The number of allylic oxidation sites excluding steroid dienone is 1. The predicted octanol–water partition coefficient (Wildman–Crippen LogP) is 2.80. The summed E-state index contributed by atoms with van der Waals surface area (Å²) in [4.78, 5) is 2.45. The monoisotopic (exact) mass is 339 g/mol. The normalized spacial score (nSPS) is 32.5. The summed E-state index contributed by atoms with van der Waals surface area (Å²) in [5.74, 6) is 2.65. The van der Waals surface area contributed by atoms with Gasteiger partial charge in [-0.1, -0.05) is 12.1 Å². The van der Waals surface area contributed by atoms with E-state index in [9.17, 15) is 5.11 Å². The summed E-state index contributed by atoms with van der Waals surface area (Å²) >= 11 is 0. The highest BCUT2D eigenvalue weighted by Gasteiger charge is 2.59. The molecule has 0 saturated carbocycles. The van der Waals surface area contributed by atoms with Crippen molar-refractivity contribution in [2.24, 2.45) is 5.92 Å². The Hall–Kier alpha value is -1.78. The van der Waals surface area contributed by atoms with E-state index >= 15 is 0 Å². The van der Waals surface area contributed by atoms with Crippen LogP contribution in [0.3, 0.4) is 0 Å². The van der Waals surface area contributed by atoms with Crippen molar-refractivity contribution < 1.29 is 14.6 Å². The Labute approximate surface area is 148 Å². The zero-order valence-corrected chi connectivity index (χ0v) is 15.3. The molecule has 2 aliphatic heterocycles. The molecule has 0 unspecified atom stereocenters. The third-order valence-corrected chi connectivity index (χ3v) is 6.63. The van der Waals surface area contributed by atoms with Crippen LogP contribution in [-0.2, 0) is 11.8 Å². The maximum Gasteiger partial charge on any atom is 0.173 e. The average molecular weight is 339 g/mol. The van der Waals surface area contributed by atoms with Crippen LogP contribution in [0.5, 0.6) is 11.5 Å². The third-order valence-electron chi connectivity index (χ3n) is 6.63. The van der Waals surface area contributed by atoms with Gasteiger partial charge in [0.1, 0.15) is 5.76 Å². The molecule has 5 rings (SSSR count). The predicted molar refractivity (Wildman–Crippen MR) is 96.0 cm³/mol. The molecular weight excluding hydrogens is 314 g/mol. The first-order valence-corrected chi connectivity index (χ1v) is 9.11. The van der Waals surface area contributed by atoms with Crippen LogP contribution < -0.4 is 9.47 Å². The van der Waals surface area contributed by atoms with Gasteiger partial charge in [0.05, 0.1) is 18.1 Å². The Morgan fingerprint density at radius 2 is 2.12 bits per heavy atom. The van der Waals surface area contributed by atoms with Crippen molar-refractivity contribution in [3.05, 3.63) is 46.7 Å². The van der Waals surface area contributed by atoms with Crippen LogP contribution in [-0.4, -0.2) is 42.4 Å². The minimum Gasteiger partial charge on any atom is -0.493 e. The molecule has 1 aromatic carbocycles. The highest BCUT2D eigenvalue weighted by atomic mass is 16.5. The molecule has 4 nitrogen and oxygen atoms in total. The van der Waals surface area contributed by atoms with Gasteiger partial charge < -0.3 is 14.6 Å². The number of rotatable bonds is 2. The molecule has 25 heavy (non-hydrogen) atoms. The molecule has 1 saturated heterocycles. The molecule has 0 aromatic heterocycles. The van der Waals surface area contributed by atoms with E-state index in [2.05, 4.69) is 30.2 Å². The van der Waals surface area contributed by atoms with Crippen molar-refractivity contribution in [2.45, 2.75) is 43.7 Å². The fourth-order valence-corrected chi connectivity index (χ4v) is 5.24. The minimum absolute atomic E-state index is 0.0403. The second kappa shape index (κ2) is 4.68. The molecule has 2 aliphatic carbocycles. The van der Waals surface area contributed by atoms with Gasteiger partial charge in [-0.15, -0.1) is 0 Å². The molecular formula is C21H25NO3. The van der Waals surface area contributed by atoms with Crippen LogP contribution in [0.1, 0.15) is 31.4 Å². The Kier molecular flexibility index (Phi) is 2.90. The van der Waals surface area contributed by atoms with Crippen molar-refractivity contribution in [1.82, 2.24) is 4.90 Å². The van der Waals surface area contributed by atoms with Crippen LogP contribution in [0.2, 0.25) is 0 Å². The van der Waals surface area contributed by atoms with Gasteiger partial charge in [-0.25, -0.2) is 0 Å². The van der Waals surface area contributed by atoms with E-state index in [1.807, 2.05) is 19.9 Å². The standard InChI is InChI=1S/C21H25NO3/c1-20(2,23)13-10-14-15-9-12-5-6-16(24-4)19-18(12)21(14,7-8-22(15)3)17(11-13)25-19/h5-6,10-11,13,15,23H,7-9H2,1-4H3/t13-,15-,21+/m0/s1. The van der Waals surface area contributed by atoms with E-state index in [0.717, 1.165) is 36.6 Å². The maximum absolute atomic E-state index is 10.7. The molecule has 2 heterocycles. The number of benzene rings is 1. The number of hydrogen-bond donors (Lipinski definition) is 1. The summed E-state index contributed by atoms with van der Waals surface area (Å²) in [7, 11) is 3.91. The third kappa shape index (κ3) is 1.79. The Bertz CT molecular complexity index is 832. The van der Waals surface area contributed by atoms with Crippen LogP contribution in [0.25, 0.3) is 0 Å². The smallest absolute Gasteiger partial charge is 0.173 e. The fourth-order valence-electron chi connectivity index (χ4n) is 5.24. The molecule has 4 aliphatic rings. The second-order valence-electron chi connectivity index (χ2n) is 8.42. The first-order valence-electron chi connectivity index (χ1n) is 9.11. The SMILES string of the molecule is COc1ccc2c3c1OC1=C[C@@H](C(C)(C)O)C=C4[C@H](C2)N(C)CC[C@]143. The van der Waals surface area contributed by atoms with Gasteiger partial charge in [0.15, 0.2) is 11.5 Å². The Balaban J connectivity index is 1.81. The lowest BCUT2D eigenvalue weighted by molar-refractivity contribution is 0.0490. The number of aliphatic hydroxyl groups is 1. The van der Waals surface area contributed by atoms with E-state index in [1.165, 1.54) is 16.7 Å². The number of likely N-dealkylation sites (tertiary alicyclic amines) is 1. The van der Waals surface area contributed by atoms with E-state index in [1.54, 1.807) is 7.11 Å². The molecule has 1 spiro atoms. The summed E-state index contributed by atoms with van der Waals surface area (Å²) < 4.78 is 12.0. The van der Waals surface area contributed by atoms with Crippen molar-refractivity contribution >= 4 is 0 Å². The quantitative estimate of drug-likeness (QED) is 0.842. The van der Waals surface area contributed by atoms with Crippen molar-refractivity contribution in [1.29, 1.82) is 0 Å². The molecule has 3 atom stereocenters. The molecule has 1 aromatic rings. The van der Waals surface area contributed by atoms with E-state index < -0.39 is 5.60 Å². The van der Waals surface area contributed by atoms with Gasteiger partial charge in [-0.05, 0) is 57.0 Å². The van der Waals surface area contributed by atoms with E-state index in [4.69, 9.17) is 9.47 Å². The highest BCUT2D eigenvalue weighted by Crippen LogP contribution is 2.63. The number of hydrogen-bond acceptors (Lipinski definition) is 4. The molecule has 0 amide bonds. The lowest BCUT2D eigenvalue weighted by atomic mass is 9.57. The minimum atomic E-state index is -0.809.